The van der Waals surface area contributed by atoms with E-state index in [0.717, 1.165) is 5.56 Å². The van der Waals surface area contributed by atoms with Crippen LogP contribution in [0, 0.1) is 5.92 Å². The summed E-state index contributed by atoms with van der Waals surface area (Å²) in [6.45, 7) is 5.82. The third kappa shape index (κ3) is 4.10. The first-order valence-corrected chi connectivity index (χ1v) is 7.34. The number of rotatable bonds is 5. The number of hydrogen-bond donors (Lipinski definition) is 1. The molecule has 1 aromatic carbocycles. The van der Waals surface area contributed by atoms with E-state index < -0.39 is 12.2 Å². The SMILES string of the molecule is CC1=C[C@@H]([C@@H](NC(=O)OCc2ccccc2)C(C)C)OC1=O. The number of carbonyl (C=O) groups is 2. The molecule has 1 heterocycles. The summed E-state index contributed by atoms with van der Waals surface area (Å²) in [5, 5.41) is 2.79. The molecule has 0 aromatic heterocycles. The molecule has 1 aliphatic rings. The van der Waals surface area contributed by atoms with Gasteiger partial charge in [-0.15, -0.1) is 0 Å². The van der Waals surface area contributed by atoms with Crippen LogP contribution >= 0.6 is 0 Å². The van der Waals surface area contributed by atoms with Gasteiger partial charge in [0.25, 0.3) is 0 Å². The Bertz CT molecular complexity index is 565. The molecule has 118 valence electrons. The second-order valence-electron chi connectivity index (χ2n) is 5.70. The summed E-state index contributed by atoms with van der Waals surface area (Å²) < 4.78 is 10.5. The van der Waals surface area contributed by atoms with Crippen LogP contribution in [-0.2, 0) is 20.9 Å². The molecule has 0 unspecified atom stereocenters. The molecular formula is C17H21NO4. The summed E-state index contributed by atoms with van der Waals surface area (Å²) in [6.07, 6.45) is 0.776. The lowest BCUT2D eigenvalue weighted by atomic mass is 9.98. The van der Waals surface area contributed by atoms with Crippen LogP contribution in [0.15, 0.2) is 42.0 Å². The first kappa shape index (κ1) is 16.1. The fraction of sp³-hybridized carbons (Fsp3) is 0.412. The zero-order chi connectivity index (χ0) is 16.1. The van der Waals surface area contributed by atoms with E-state index in [1.54, 1.807) is 13.0 Å². The van der Waals surface area contributed by atoms with Crippen molar-refractivity contribution in [3.05, 3.63) is 47.5 Å². The molecule has 0 radical (unpaired) electrons. The second-order valence-corrected chi connectivity index (χ2v) is 5.70. The lowest BCUT2D eigenvalue weighted by Gasteiger charge is -2.26. The topological polar surface area (TPSA) is 64.6 Å². The van der Waals surface area contributed by atoms with Crippen LogP contribution in [0.2, 0.25) is 0 Å². The van der Waals surface area contributed by atoms with Gasteiger partial charge in [0.1, 0.15) is 12.7 Å². The van der Waals surface area contributed by atoms with Gasteiger partial charge in [-0.3, -0.25) is 0 Å². The van der Waals surface area contributed by atoms with Crippen LogP contribution in [-0.4, -0.2) is 24.2 Å². The van der Waals surface area contributed by atoms with Gasteiger partial charge in [-0.05, 0) is 24.5 Å². The van der Waals surface area contributed by atoms with E-state index in [0.29, 0.717) is 5.57 Å². The monoisotopic (exact) mass is 303 g/mol. The molecule has 0 saturated carbocycles. The minimum absolute atomic E-state index is 0.101. The van der Waals surface area contributed by atoms with E-state index in [9.17, 15) is 9.59 Å². The molecule has 2 atom stereocenters. The minimum atomic E-state index is -0.517. The minimum Gasteiger partial charge on any atom is -0.453 e. The van der Waals surface area contributed by atoms with Crippen molar-refractivity contribution in [2.24, 2.45) is 5.92 Å². The van der Waals surface area contributed by atoms with Crippen LogP contribution < -0.4 is 5.32 Å². The summed E-state index contributed by atoms with van der Waals surface area (Å²) in [7, 11) is 0. The maximum absolute atomic E-state index is 12.0. The van der Waals surface area contributed by atoms with Crippen molar-refractivity contribution in [2.45, 2.75) is 39.5 Å². The molecular weight excluding hydrogens is 282 g/mol. The maximum atomic E-state index is 12.0. The lowest BCUT2D eigenvalue weighted by molar-refractivity contribution is -0.141. The van der Waals surface area contributed by atoms with Gasteiger partial charge in [0.05, 0.1) is 6.04 Å². The molecule has 0 fully saturated rings. The molecule has 1 N–H and O–H groups in total. The predicted molar refractivity (Wildman–Crippen MR) is 82.0 cm³/mol. The molecule has 0 aliphatic carbocycles. The van der Waals surface area contributed by atoms with Gasteiger partial charge in [0.2, 0.25) is 0 Å². The molecule has 0 saturated heterocycles. The van der Waals surface area contributed by atoms with Crippen LogP contribution in [0.1, 0.15) is 26.3 Å². The van der Waals surface area contributed by atoms with Crippen LogP contribution in [0.5, 0.6) is 0 Å². The van der Waals surface area contributed by atoms with Crippen LogP contribution in [0.4, 0.5) is 4.79 Å². The van der Waals surface area contributed by atoms with Crippen molar-refractivity contribution < 1.29 is 19.1 Å². The van der Waals surface area contributed by atoms with Crippen molar-refractivity contribution in [1.29, 1.82) is 0 Å². The van der Waals surface area contributed by atoms with Gasteiger partial charge in [0, 0.05) is 5.57 Å². The van der Waals surface area contributed by atoms with Crippen LogP contribution in [0.3, 0.4) is 0 Å². The number of ether oxygens (including phenoxy) is 2. The van der Waals surface area contributed by atoms with E-state index in [1.165, 1.54) is 0 Å². The third-order valence-electron chi connectivity index (χ3n) is 3.55. The quantitative estimate of drug-likeness (QED) is 0.850. The maximum Gasteiger partial charge on any atom is 0.407 e. The van der Waals surface area contributed by atoms with Crippen molar-refractivity contribution in [3.8, 4) is 0 Å². The smallest absolute Gasteiger partial charge is 0.407 e. The number of amides is 1. The molecule has 1 aromatic rings. The summed E-state index contributed by atoms with van der Waals surface area (Å²) in [6, 6.07) is 9.14. The Morgan fingerprint density at radius 1 is 1.32 bits per heavy atom. The fourth-order valence-electron chi connectivity index (χ4n) is 2.27. The van der Waals surface area contributed by atoms with E-state index >= 15 is 0 Å². The largest absolute Gasteiger partial charge is 0.453 e. The van der Waals surface area contributed by atoms with Gasteiger partial charge in [0.15, 0.2) is 0 Å². The van der Waals surface area contributed by atoms with Crippen molar-refractivity contribution in [2.75, 3.05) is 0 Å². The summed E-state index contributed by atoms with van der Waals surface area (Å²) in [5.74, 6) is -0.237. The molecule has 1 aliphatic heterocycles. The van der Waals surface area contributed by atoms with Crippen molar-refractivity contribution >= 4 is 12.1 Å². The van der Waals surface area contributed by atoms with E-state index in [-0.39, 0.29) is 24.5 Å². The van der Waals surface area contributed by atoms with Crippen LogP contribution in [0.25, 0.3) is 0 Å². The number of nitrogens with one attached hydrogen (secondary N) is 1. The number of esters is 1. The summed E-state index contributed by atoms with van der Waals surface area (Å²) in [5.41, 5.74) is 1.48. The third-order valence-corrected chi connectivity index (χ3v) is 3.55. The Kier molecular flexibility index (Phi) is 5.20. The number of carbonyl (C=O) groups excluding carboxylic acids is 2. The predicted octanol–water partition coefficient (Wildman–Crippen LogP) is 2.81. The molecule has 2 rings (SSSR count). The van der Waals surface area contributed by atoms with Gasteiger partial charge in [-0.25, -0.2) is 9.59 Å². The van der Waals surface area contributed by atoms with Gasteiger partial charge in [-0.2, -0.15) is 0 Å². The van der Waals surface area contributed by atoms with Crippen molar-refractivity contribution in [1.82, 2.24) is 5.32 Å². The van der Waals surface area contributed by atoms with E-state index in [2.05, 4.69) is 5.32 Å². The van der Waals surface area contributed by atoms with Crippen molar-refractivity contribution in [3.63, 3.8) is 0 Å². The fourth-order valence-corrected chi connectivity index (χ4v) is 2.27. The van der Waals surface area contributed by atoms with Gasteiger partial charge >= 0.3 is 12.1 Å². The van der Waals surface area contributed by atoms with E-state index in [4.69, 9.17) is 9.47 Å². The first-order valence-electron chi connectivity index (χ1n) is 7.34. The Morgan fingerprint density at radius 2 is 2.00 bits per heavy atom. The lowest BCUT2D eigenvalue weighted by Crippen LogP contribution is -2.46. The molecule has 5 heteroatoms. The Labute approximate surface area is 130 Å². The number of hydrogen-bond acceptors (Lipinski definition) is 4. The molecule has 22 heavy (non-hydrogen) atoms. The highest BCUT2D eigenvalue weighted by Crippen LogP contribution is 2.20. The molecule has 0 spiro atoms. The highest BCUT2D eigenvalue weighted by Gasteiger charge is 2.33. The Morgan fingerprint density at radius 3 is 2.55 bits per heavy atom. The summed E-state index contributed by atoms with van der Waals surface area (Å²) >= 11 is 0. The zero-order valence-electron chi connectivity index (χ0n) is 13.0. The Hall–Kier alpha value is -2.30. The van der Waals surface area contributed by atoms with E-state index in [1.807, 2.05) is 44.2 Å². The number of benzene rings is 1. The molecule has 5 nitrogen and oxygen atoms in total. The second kappa shape index (κ2) is 7.11. The van der Waals surface area contributed by atoms with Gasteiger partial charge < -0.3 is 14.8 Å². The average molecular weight is 303 g/mol. The standard InChI is InChI=1S/C17H21NO4/c1-11(2)15(14-9-12(3)16(19)22-14)18-17(20)21-10-13-7-5-4-6-8-13/h4-9,11,14-15H,10H2,1-3H3,(H,18,20)/t14-,15-/m0/s1. The first-order chi connectivity index (χ1) is 10.5. The summed E-state index contributed by atoms with van der Waals surface area (Å²) in [4.78, 5) is 23.4. The highest BCUT2D eigenvalue weighted by molar-refractivity contribution is 5.90. The average Bonchev–Trinajstić information content (AvgIpc) is 2.82. The number of cyclic esters (lactones) is 1. The molecule has 1 amide bonds. The highest BCUT2D eigenvalue weighted by atomic mass is 16.6. The zero-order valence-corrected chi connectivity index (χ0v) is 13.0. The Balaban J connectivity index is 1.91. The van der Waals surface area contributed by atoms with Gasteiger partial charge in [-0.1, -0.05) is 44.2 Å². The molecule has 0 bridgehead atoms. The number of alkyl carbamates (subject to hydrolysis) is 1. The normalized spacial score (nSPS) is 18.6.